The summed E-state index contributed by atoms with van der Waals surface area (Å²) in [7, 11) is 1.64. The highest BCUT2D eigenvalue weighted by atomic mass is 32.1. The van der Waals surface area contributed by atoms with Crippen LogP contribution >= 0.6 is 11.3 Å². The summed E-state index contributed by atoms with van der Waals surface area (Å²) in [5.74, 6) is 1.46. The number of ether oxygens (including phenoxy) is 2. The predicted octanol–water partition coefficient (Wildman–Crippen LogP) is 6.09. The number of pyridine rings is 1. The molecule has 4 nitrogen and oxygen atoms in total. The Morgan fingerprint density at radius 3 is 2.73 bits per heavy atom. The molecule has 2 aromatic heterocycles. The Morgan fingerprint density at radius 1 is 1.07 bits per heavy atom. The van der Waals surface area contributed by atoms with E-state index in [4.69, 9.17) is 9.47 Å². The van der Waals surface area contributed by atoms with Gasteiger partial charge in [0.2, 0.25) is 0 Å². The number of aromatic nitrogens is 1. The lowest BCUT2D eigenvalue weighted by Gasteiger charge is -2.12. The number of benzene rings is 2. The average molecular weight is 416 g/mol. The van der Waals surface area contributed by atoms with Crippen molar-refractivity contribution in [1.29, 1.82) is 0 Å². The summed E-state index contributed by atoms with van der Waals surface area (Å²) in [6.07, 6.45) is 5.18. The van der Waals surface area contributed by atoms with Crippen molar-refractivity contribution >= 4 is 34.1 Å². The van der Waals surface area contributed by atoms with Crippen LogP contribution in [-0.2, 0) is 6.61 Å². The Labute approximate surface area is 179 Å². The van der Waals surface area contributed by atoms with E-state index in [0.29, 0.717) is 6.61 Å². The molecule has 0 saturated heterocycles. The number of ketones is 1. The van der Waals surface area contributed by atoms with Crippen LogP contribution < -0.4 is 9.47 Å². The number of carbonyl (C=O) groups excluding carboxylic acids is 1. The molecule has 0 aliphatic heterocycles. The van der Waals surface area contributed by atoms with Crippen molar-refractivity contribution in [1.82, 2.24) is 4.98 Å². The van der Waals surface area contributed by atoms with Gasteiger partial charge >= 0.3 is 0 Å². The molecule has 0 N–H and O–H groups in total. The SMILES string of the molecule is COc1ccc(/C=C/C(=O)c2ccc(C)s2)cc1COc1cccc2cccnc12. The fraction of sp³-hybridized carbons (Fsp3) is 0.120. The Balaban J connectivity index is 1.54. The Bertz CT molecular complexity index is 1220. The summed E-state index contributed by atoms with van der Waals surface area (Å²) >= 11 is 1.50. The van der Waals surface area contributed by atoms with E-state index in [1.54, 1.807) is 19.4 Å². The van der Waals surface area contributed by atoms with Crippen LogP contribution in [0, 0.1) is 6.92 Å². The second-order valence-electron chi connectivity index (χ2n) is 6.80. The van der Waals surface area contributed by atoms with Gasteiger partial charge in [-0.25, -0.2) is 0 Å². The van der Waals surface area contributed by atoms with Gasteiger partial charge in [0.25, 0.3) is 0 Å². The van der Waals surface area contributed by atoms with Gasteiger partial charge in [0.15, 0.2) is 5.78 Å². The maximum absolute atomic E-state index is 12.3. The zero-order chi connectivity index (χ0) is 20.9. The van der Waals surface area contributed by atoms with E-state index in [2.05, 4.69) is 4.98 Å². The van der Waals surface area contributed by atoms with Gasteiger partial charge in [-0.1, -0.05) is 30.3 Å². The fourth-order valence-corrected chi connectivity index (χ4v) is 3.97. The van der Waals surface area contributed by atoms with Crippen molar-refractivity contribution in [2.24, 2.45) is 0 Å². The Morgan fingerprint density at radius 2 is 1.93 bits per heavy atom. The topological polar surface area (TPSA) is 48.4 Å². The third-order valence-corrected chi connectivity index (χ3v) is 5.71. The van der Waals surface area contributed by atoms with Crippen LogP contribution in [0.5, 0.6) is 11.5 Å². The van der Waals surface area contributed by atoms with E-state index in [9.17, 15) is 4.79 Å². The number of nitrogens with zero attached hydrogens (tertiary/aromatic N) is 1. The van der Waals surface area contributed by atoms with Gasteiger partial charge in [-0.3, -0.25) is 9.78 Å². The van der Waals surface area contributed by atoms with Gasteiger partial charge < -0.3 is 9.47 Å². The van der Waals surface area contributed by atoms with Crippen molar-refractivity contribution < 1.29 is 14.3 Å². The molecule has 0 spiro atoms. The van der Waals surface area contributed by atoms with Gasteiger partial charge in [0.05, 0.1) is 12.0 Å². The molecule has 30 heavy (non-hydrogen) atoms. The van der Waals surface area contributed by atoms with Gasteiger partial charge in [-0.2, -0.15) is 0 Å². The zero-order valence-electron chi connectivity index (χ0n) is 16.8. The fourth-order valence-electron chi connectivity index (χ4n) is 3.18. The average Bonchev–Trinajstić information content (AvgIpc) is 3.22. The summed E-state index contributed by atoms with van der Waals surface area (Å²) < 4.78 is 11.6. The summed E-state index contributed by atoms with van der Waals surface area (Å²) in [6, 6.07) is 19.4. The first-order valence-electron chi connectivity index (χ1n) is 9.56. The van der Waals surface area contributed by atoms with Crippen LogP contribution in [0.4, 0.5) is 0 Å². The first-order chi connectivity index (χ1) is 14.6. The quantitative estimate of drug-likeness (QED) is 0.271. The zero-order valence-corrected chi connectivity index (χ0v) is 17.6. The number of fused-ring (bicyclic) bond motifs is 1. The maximum Gasteiger partial charge on any atom is 0.195 e. The van der Waals surface area contributed by atoms with Gasteiger partial charge in [0, 0.05) is 22.0 Å². The number of para-hydroxylation sites is 1. The lowest BCUT2D eigenvalue weighted by molar-refractivity contribution is 0.105. The number of allylic oxidation sites excluding steroid dienone is 1. The van der Waals surface area contributed by atoms with E-state index in [1.165, 1.54) is 11.3 Å². The second kappa shape index (κ2) is 8.93. The molecule has 0 aliphatic carbocycles. The van der Waals surface area contributed by atoms with Gasteiger partial charge in [0.1, 0.15) is 23.6 Å². The van der Waals surface area contributed by atoms with E-state index in [0.717, 1.165) is 43.3 Å². The molecule has 0 aliphatic rings. The van der Waals surface area contributed by atoms with Crippen molar-refractivity contribution in [3.8, 4) is 11.5 Å². The van der Waals surface area contributed by atoms with Crippen LogP contribution in [0.1, 0.15) is 25.7 Å². The highest BCUT2D eigenvalue weighted by Gasteiger charge is 2.09. The minimum atomic E-state index is 0.00329. The normalized spacial score (nSPS) is 11.1. The monoisotopic (exact) mass is 415 g/mol. The first kappa shape index (κ1) is 19.9. The minimum absolute atomic E-state index is 0.00329. The van der Waals surface area contributed by atoms with E-state index in [-0.39, 0.29) is 5.78 Å². The number of hydrogen-bond acceptors (Lipinski definition) is 5. The van der Waals surface area contributed by atoms with Crippen LogP contribution in [0.2, 0.25) is 0 Å². The van der Waals surface area contributed by atoms with Crippen molar-refractivity contribution in [2.45, 2.75) is 13.5 Å². The standard InChI is InChI=1S/C25H21NO3S/c1-17-8-13-24(30-17)21(27)11-9-18-10-12-22(28-2)20(15-18)16-29-23-7-3-5-19-6-4-14-26-25(19)23/h3-15H,16H2,1-2H3/b11-9+. The van der Waals surface area contributed by atoms with Crippen molar-refractivity contribution in [3.63, 3.8) is 0 Å². The lowest BCUT2D eigenvalue weighted by Crippen LogP contribution is -2.00. The summed E-state index contributed by atoms with van der Waals surface area (Å²) in [6.45, 7) is 2.32. The molecule has 4 aromatic rings. The van der Waals surface area contributed by atoms with Crippen LogP contribution in [0.3, 0.4) is 0 Å². The van der Waals surface area contributed by atoms with Crippen LogP contribution in [0.15, 0.2) is 72.9 Å². The molecule has 0 unspecified atom stereocenters. The third-order valence-electron chi connectivity index (χ3n) is 4.69. The second-order valence-corrected chi connectivity index (χ2v) is 8.09. The molecular formula is C25H21NO3S. The molecule has 0 amide bonds. The largest absolute Gasteiger partial charge is 0.496 e. The van der Waals surface area contributed by atoms with E-state index >= 15 is 0 Å². The molecular weight excluding hydrogens is 394 g/mol. The molecule has 0 atom stereocenters. The molecule has 0 bridgehead atoms. The number of thiophene rings is 1. The lowest BCUT2D eigenvalue weighted by atomic mass is 10.1. The Hall–Kier alpha value is -3.44. The first-order valence-corrected chi connectivity index (χ1v) is 10.4. The van der Waals surface area contributed by atoms with Crippen LogP contribution in [0.25, 0.3) is 17.0 Å². The number of methoxy groups -OCH3 is 1. The molecule has 4 rings (SSSR count). The molecule has 2 aromatic carbocycles. The Kier molecular flexibility index (Phi) is 5.91. The van der Waals surface area contributed by atoms with Crippen LogP contribution in [-0.4, -0.2) is 17.9 Å². The summed E-state index contributed by atoms with van der Waals surface area (Å²) in [5, 5.41) is 1.03. The summed E-state index contributed by atoms with van der Waals surface area (Å²) in [4.78, 5) is 18.6. The highest BCUT2D eigenvalue weighted by molar-refractivity contribution is 7.14. The van der Waals surface area contributed by atoms with Crippen molar-refractivity contribution in [3.05, 3.63) is 93.8 Å². The molecule has 0 radical (unpaired) electrons. The smallest absolute Gasteiger partial charge is 0.195 e. The summed E-state index contributed by atoms with van der Waals surface area (Å²) in [5.41, 5.74) is 2.63. The maximum atomic E-state index is 12.3. The van der Waals surface area contributed by atoms with Gasteiger partial charge in [-0.15, -0.1) is 11.3 Å². The predicted molar refractivity (Wildman–Crippen MR) is 121 cm³/mol. The molecule has 0 saturated carbocycles. The van der Waals surface area contributed by atoms with E-state index < -0.39 is 0 Å². The minimum Gasteiger partial charge on any atom is -0.496 e. The molecule has 0 fully saturated rings. The highest BCUT2D eigenvalue weighted by Crippen LogP contribution is 2.27. The number of rotatable bonds is 7. The van der Waals surface area contributed by atoms with Gasteiger partial charge in [-0.05, 0) is 55.0 Å². The number of hydrogen-bond donors (Lipinski definition) is 0. The number of carbonyl (C=O) groups is 1. The third kappa shape index (κ3) is 4.42. The van der Waals surface area contributed by atoms with Crippen molar-refractivity contribution in [2.75, 3.05) is 7.11 Å². The van der Waals surface area contributed by atoms with E-state index in [1.807, 2.05) is 73.7 Å². The molecule has 2 heterocycles. The molecule has 5 heteroatoms. The number of aryl methyl sites for hydroxylation is 1. The molecule has 150 valence electrons.